The zero-order valence-corrected chi connectivity index (χ0v) is 12.9. The Morgan fingerprint density at radius 3 is 2.60 bits per heavy atom. The molecule has 0 aliphatic carbocycles. The van der Waals surface area contributed by atoms with Gasteiger partial charge in [-0.2, -0.15) is 5.10 Å². The molecule has 1 heterocycles. The maximum absolute atomic E-state index is 4.36. The molecule has 2 nitrogen and oxygen atoms in total. The Morgan fingerprint density at radius 1 is 1.53 bits per heavy atom. The fourth-order valence-electron chi connectivity index (χ4n) is 2.07. The number of rotatable bonds is 4. The third-order valence-corrected chi connectivity index (χ3v) is 3.43. The molecule has 1 atom stereocenters. The monoisotopic (exact) mass is 336 g/mol. The van der Waals surface area contributed by atoms with Crippen molar-refractivity contribution >= 4 is 31.9 Å². The molecule has 15 heavy (non-hydrogen) atoms. The molecular weight excluding hydrogens is 320 g/mol. The molecular formula is C11H18Br2N2. The van der Waals surface area contributed by atoms with Crippen LogP contribution in [0.25, 0.3) is 0 Å². The molecule has 4 heteroatoms. The fourth-order valence-corrected chi connectivity index (χ4v) is 3.72. The Bertz CT molecular complexity index is 329. The first-order chi connectivity index (χ1) is 6.88. The van der Waals surface area contributed by atoms with Gasteiger partial charge in [0.2, 0.25) is 0 Å². The molecule has 0 N–H and O–H groups in total. The number of hydrogen-bond acceptors (Lipinski definition) is 1. The maximum Gasteiger partial charge on any atom is 0.0635 e. The Labute approximate surface area is 109 Å². The Kier molecular flexibility index (Phi) is 4.41. The van der Waals surface area contributed by atoms with Gasteiger partial charge < -0.3 is 0 Å². The van der Waals surface area contributed by atoms with Gasteiger partial charge in [-0.15, -0.1) is 0 Å². The topological polar surface area (TPSA) is 17.8 Å². The smallest absolute Gasteiger partial charge is 0.0635 e. The molecule has 0 amide bonds. The van der Waals surface area contributed by atoms with Gasteiger partial charge in [0.25, 0.3) is 0 Å². The summed E-state index contributed by atoms with van der Waals surface area (Å²) in [6.07, 6.45) is 2.98. The van der Waals surface area contributed by atoms with Crippen LogP contribution in [0, 0.1) is 0 Å². The van der Waals surface area contributed by atoms with E-state index in [0.29, 0.717) is 4.83 Å². The Hall–Kier alpha value is 0.170. The average Bonchev–Trinajstić information content (AvgIpc) is 2.44. The number of aromatic nitrogens is 2. The predicted octanol–water partition coefficient (Wildman–Crippen LogP) is 4.12. The summed E-state index contributed by atoms with van der Waals surface area (Å²) in [4.78, 5) is 0.514. The minimum absolute atomic E-state index is 0.133. The highest BCUT2D eigenvalue weighted by atomic mass is 79.9. The van der Waals surface area contributed by atoms with Crippen molar-refractivity contribution in [2.75, 3.05) is 0 Å². The average molecular weight is 338 g/mol. The van der Waals surface area contributed by atoms with Gasteiger partial charge in [0, 0.05) is 16.8 Å². The molecule has 1 unspecified atom stereocenters. The van der Waals surface area contributed by atoms with Crippen LogP contribution in [0.2, 0.25) is 0 Å². The number of halogens is 2. The maximum atomic E-state index is 4.36. The Balaban J connectivity index is 3.07. The van der Waals surface area contributed by atoms with E-state index >= 15 is 0 Å². The third-order valence-electron chi connectivity index (χ3n) is 2.53. The summed E-state index contributed by atoms with van der Waals surface area (Å²) in [7, 11) is 0. The molecule has 0 aliphatic rings. The molecule has 0 saturated carbocycles. The summed E-state index contributed by atoms with van der Waals surface area (Å²) >= 11 is 7.21. The van der Waals surface area contributed by atoms with E-state index in [1.807, 2.05) is 6.20 Å². The summed E-state index contributed by atoms with van der Waals surface area (Å²) < 4.78 is 3.18. The molecule has 1 rings (SSSR count). The van der Waals surface area contributed by atoms with Gasteiger partial charge in [0.15, 0.2) is 0 Å². The molecule has 86 valence electrons. The van der Waals surface area contributed by atoms with Crippen LogP contribution in [0.3, 0.4) is 0 Å². The van der Waals surface area contributed by atoms with Crippen molar-refractivity contribution < 1.29 is 0 Å². The summed E-state index contributed by atoms with van der Waals surface area (Å²) in [5.74, 6) is 0. The lowest BCUT2D eigenvalue weighted by Crippen LogP contribution is -2.25. The highest BCUT2D eigenvalue weighted by Crippen LogP contribution is 2.35. The van der Waals surface area contributed by atoms with Crippen LogP contribution in [-0.2, 0) is 12.0 Å². The van der Waals surface area contributed by atoms with E-state index in [0.717, 1.165) is 17.4 Å². The highest BCUT2D eigenvalue weighted by Gasteiger charge is 2.28. The number of hydrogen-bond donors (Lipinski definition) is 0. The standard InChI is InChI=1S/C11H18Br2N2/c1-5-15-10(9(13)7-14-15)11(3,4)6-8(2)12/h7-8H,5-6H2,1-4H3. The highest BCUT2D eigenvalue weighted by molar-refractivity contribution is 9.10. The molecule has 0 saturated heterocycles. The predicted molar refractivity (Wildman–Crippen MR) is 71.6 cm³/mol. The minimum atomic E-state index is 0.133. The van der Waals surface area contributed by atoms with Crippen molar-refractivity contribution in [3.63, 3.8) is 0 Å². The van der Waals surface area contributed by atoms with Crippen molar-refractivity contribution in [2.45, 2.75) is 50.9 Å². The summed E-state index contributed by atoms with van der Waals surface area (Å²) in [6.45, 7) is 9.75. The molecule has 1 aromatic rings. The van der Waals surface area contributed by atoms with E-state index in [2.05, 4.69) is 69.3 Å². The fraction of sp³-hybridized carbons (Fsp3) is 0.727. The summed E-state index contributed by atoms with van der Waals surface area (Å²) in [6, 6.07) is 0. The van der Waals surface area contributed by atoms with Crippen LogP contribution in [-0.4, -0.2) is 14.6 Å². The van der Waals surface area contributed by atoms with E-state index in [9.17, 15) is 0 Å². The first-order valence-corrected chi connectivity index (χ1v) is 6.95. The van der Waals surface area contributed by atoms with Crippen molar-refractivity contribution in [1.29, 1.82) is 0 Å². The quantitative estimate of drug-likeness (QED) is 0.756. The van der Waals surface area contributed by atoms with E-state index in [1.54, 1.807) is 0 Å². The molecule has 0 fully saturated rings. The first kappa shape index (κ1) is 13.2. The lowest BCUT2D eigenvalue weighted by atomic mass is 9.84. The first-order valence-electron chi connectivity index (χ1n) is 5.24. The van der Waals surface area contributed by atoms with Gasteiger partial charge in [-0.25, -0.2) is 0 Å². The molecule has 0 aliphatic heterocycles. The lowest BCUT2D eigenvalue weighted by molar-refractivity contribution is 0.429. The van der Waals surface area contributed by atoms with Gasteiger partial charge in [-0.1, -0.05) is 36.7 Å². The zero-order valence-electron chi connectivity index (χ0n) is 9.72. The second-order valence-electron chi connectivity index (χ2n) is 4.53. The van der Waals surface area contributed by atoms with Crippen molar-refractivity contribution in [3.05, 3.63) is 16.4 Å². The SMILES string of the molecule is CCn1ncc(Br)c1C(C)(C)CC(C)Br. The van der Waals surface area contributed by atoms with Crippen LogP contribution >= 0.6 is 31.9 Å². The normalized spacial score (nSPS) is 14.3. The summed E-state index contributed by atoms with van der Waals surface area (Å²) in [5, 5.41) is 4.36. The van der Waals surface area contributed by atoms with Gasteiger partial charge in [0.05, 0.1) is 16.4 Å². The minimum Gasteiger partial charge on any atom is -0.268 e. The number of nitrogens with zero attached hydrogens (tertiary/aromatic N) is 2. The molecule has 1 aromatic heterocycles. The van der Waals surface area contributed by atoms with E-state index in [1.165, 1.54) is 5.69 Å². The van der Waals surface area contributed by atoms with Gasteiger partial charge in [0.1, 0.15) is 0 Å². The molecule has 0 bridgehead atoms. The Morgan fingerprint density at radius 2 is 2.13 bits per heavy atom. The van der Waals surface area contributed by atoms with Gasteiger partial charge >= 0.3 is 0 Å². The van der Waals surface area contributed by atoms with Crippen molar-refractivity contribution in [1.82, 2.24) is 9.78 Å². The van der Waals surface area contributed by atoms with Crippen molar-refractivity contribution in [2.24, 2.45) is 0 Å². The van der Waals surface area contributed by atoms with E-state index in [4.69, 9.17) is 0 Å². The van der Waals surface area contributed by atoms with Gasteiger partial charge in [-0.05, 0) is 29.3 Å². The molecule has 0 spiro atoms. The number of alkyl halides is 1. The third kappa shape index (κ3) is 3.06. The zero-order chi connectivity index (χ0) is 11.6. The van der Waals surface area contributed by atoms with Crippen LogP contribution < -0.4 is 0 Å². The second kappa shape index (κ2) is 5.00. The lowest BCUT2D eigenvalue weighted by Gasteiger charge is -2.27. The number of aryl methyl sites for hydroxylation is 1. The van der Waals surface area contributed by atoms with Crippen LogP contribution in [0.5, 0.6) is 0 Å². The van der Waals surface area contributed by atoms with Crippen LogP contribution in [0.15, 0.2) is 10.7 Å². The second-order valence-corrected chi connectivity index (χ2v) is 6.94. The molecule has 0 aromatic carbocycles. The molecule has 0 radical (unpaired) electrons. The summed E-state index contributed by atoms with van der Waals surface area (Å²) in [5.41, 5.74) is 1.42. The van der Waals surface area contributed by atoms with Crippen LogP contribution in [0.4, 0.5) is 0 Å². The van der Waals surface area contributed by atoms with Crippen molar-refractivity contribution in [3.8, 4) is 0 Å². The van der Waals surface area contributed by atoms with E-state index < -0.39 is 0 Å². The van der Waals surface area contributed by atoms with Crippen LogP contribution in [0.1, 0.15) is 39.8 Å². The van der Waals surface area contributed by atoms with Gasteiger partial charge in [-0.3, -0.25) is 4.68 Å². The largest absolute Gasteiger partial charge is 0.268 e. The van der Waals surface area contributed by atoms with E-state index in [-0.39, 0.29) is 5.41 Å².